The molecule has 0 saturated heterocycles. The number of terminal acetylenes is 1. The number of hydrogen-bond acceptors (Lipinski definition) is 2. The van der Waals surface area contributed by atoms with E-state index in [0.717, 1.165) is 25.7 Å². The Morgan fingerprint density at radius 3 is 2.60 bits per heavy atom. The molecule has 2 N–H and O–H groups in total. The molecule has 0 bridgehead atoms. The summed E-state index contributed by atoms with van der Waals surface area (Å²) in [4.78, 5) is 11.1. The van der Waals surface area contributed by atoms with Crippen molar-refractivity contribution >= 4 is 5.97 Å². The molecule has 3 heteroatoms. The van der Waals surface area contributed by atoms with Crippen LogP contribution in [0.1, 0.15) is 46.0 Å². The third kappa shape index (κ3) is 5.44. The highest BCUT2D eigenvalue weighted by Crippen LogP contribution is 2.15. The summed E-state index contributed by atoms with van der Waals surface area (Å²) >= 11 is 0. The molecule has 0 aliphatic rings. The maximum Gasteiger partial charge on any atom is 0.323 e. The molecule has 0 spiro atoms. The molecule has 0 rings (SSSR count). The van der Waals surface area contributed by atoms with Gasteiger partial charge in [-0.3, -0.25) is 10.1 Å². The lowest BCUT2D eigenvalue weighted by Gasteiger charge is -2.25. The molecule has 0 amide bonds. The van der Waals surface area contributed by atoms with Crippen LogP contribution in [0.5, 0.6) is 0 Å². The van der Waals surface area contributed by atoms with Crippen molar-refractivity contribution in [2.24, 2.45) is 0 Å². The average Bonchev–Trinajstić information content (AvgIpc) is 2.21. The zero-order chi connectivity index (χ0) is 11.7. The predicted octanol–water partition coefficient (Wildman–Crippen LogP) is 2.02. The molecule has 0 aromatic rings. The van der Waals surface area contributed by atoms with E-state index in [2.05, 4.69) is 18.2 Å². The van der Waals surface area contributed by atoms with Gasteiger partial charge in [0.25, 0.3) is 0 Å². The van der Waals surface area contributed by atoms with Gasteiger partial charge in [0.2, 0.25) is 0 Å². The molecule has 0 aliphatic heterocycles. The minimum atomic E-state index is -0.875. The maximum atomic E-state index is 11.1. The van der Waals surface area contributed by atoms with E-state index in [0.29, 0.717) is 13.0 Å². The van der Waals surface area contributed by atoms with Gasteiger partial charge < -0.3 is 5.11 Å². The summed E-state index contributed by atoms with van der Waals surface area (Å²) in [7, 11) is 0. The van der Waals surface area contributed by atoms with E-state index in [1.54, 1.807) is 6.92 Å². The van der Waals surface area contributed by atoms with Gasteiger partial charge in [0.15, 0.2) is 0 Å². The topological polar surface area (TPSA) is 49.3 Å². The number of carbonyl (C=O) groups is 1. The second kappa shape index (κ2) is 7.30. The van der Waals surface area contributed by atoms with Crippen LogP contribution >= 0.6 is 0 Å². The van der Waals surface area contributed by atoms with E-state index < -0.39 is 11.5 Å². The molecule has 1 atom stereocenters. The van der Waals surface area contributed by atoms with E-state index in [-0.39, 0.29) is 0 Å². The molecule has 0 aromatic carbocycles. The van der Waals surface area contributed by atoms with Gasteiger partial charge in [-0.05, 0) is 13.3 Å². The Bertz CT molecular complexity index is 232. The maximum absolute atomic E-state index is 11.1. The first-order valence-corrected chi connectivity index (χ1v) is 5.48. The van der Waals surface area contributed by atoms with Crippen LogP contribution in [0, 0.1) is 12.3 Å². The molecule has 3 nitrogen and oxygen atoms in total. The van der Waals surface area contributed by atoms with E-state index in [1.807, 2.05) is 0 Å². The monoisotopic (exact) mass is 211 g/mol. The summed E-state index contributed by atoms with van der Waals surface area (Å²) in [6.45, 7) is 4.13. The predicted molar refractivity (Wildman–Crippen MR) is 61.6 cm³/mol. The number of hydrogen-bond donors (Lipinski definition) is 2. The fourth-order valence-electron chi connectivity index (χ4n) is 1.42. The van der Waals surface area contributed by atoms with Crippen molar-refractivity contribution in [2.45, 2.75) is 51.5 Å². The van der Waals surface area contributed by atoms with Gasteiger partial charge in [-0.2, -0.15) is 0 Å². The fraction of sp³-hybridized carbons (Fsp3) is 0.750. The van der Waals surface area contributed by atoms with Crippen LogP contribution in [0.4, 0.5) is 0 Å². The van der Waals surface area contributed by atoms with Crippen LogP contribution in [-0.4, -0.2) is 23.2 Å². The molecule has 15 heavy (non-hydrogen) atoms. The normalized spacial score (nSPS) is 14.2. The van der Waals surface area contributed by atoms with E-state index in [1.165, 1.54) is 0 Å². The third-order valence-corrected chi connectivity index (χ3v) is 2.58. The Morgan fingerprint density at radius 1 is 1.47 bits per heavy atom. The van der Waals surface area contributed by atoms with Crippen LogP contribution in [0.2, 0.25) is 0 Å². The number of rotatable bonds is 8. The molecule has 0 saturated carbocycles. The van der Waals surface area contributed by atoms with E-state index in [9.17, 15) is 4.79 Å². The van der Waals surface area contributed by atoms with Gasteiger partial charge in [0.05, 0.1) is 6.54 Å². The Hall–Kier alpha value is -1.01. The Kier molecular flexibility index (Phi) is 6.81. The fourth-order valence-corrected chi connectivity index (χ4v) is 1.42. The third-order valence-electron chi connectivity index (χ3n) is 2.58. The van der Waals surface area contributed by atoms with Gasteiger partial charge in [0.1, 0.15) is 5.54 Å². The molecule has 0 heterocycles. The summed E-state index contributed by atoms with van der Waals surface area (Å²) in [5, 5.41) is 12.0. The number of carboxylic acids is 1. The van der Waals surface area contributed by atoms with Crippen LogP contribution in [0.25, 0.3) is 0 Å². The Morgan fingerprint density at radius 2 is 2.13 bits per heavy atom. The Balaban J connectivity index is 4.03. The summed E-state index contributed by atoms with van der Waals surface area (Å²) in [5.74, 6) is 1.58. The number of aliphatic carboxylic acids is 1. The molecule has 0 fully saturated rings. The molecule has 86 valence electrons. The molecular formula is C12H21NO2. The summed E-state index contributed by atoms with van der Waals surface area (Å²) in [6, 6.07) is 0. The smallest absolute Gasteiger partial charge is 0.323 e. The van der Waals surface area contributed by atoms with Gasteiger partial charge in [-0.25, -0.2) is 0 Å². The number of nitrogens with one attached hydrogen (secondary N) is 1. The largest absolute Gasteiger partial charge is 0.480 e. The van der Waals surface area contributed by atoms with Crippen LogP contribution < -0.4 is 5.32 Å². The number of unbranched alkanes of at least 4 members (excludes halogenated alkanes) is 3. The minimum Gasteiger partial charge on any atom is -0.480 e. The summed E-state index contributed by atoms with van der Waals surface area (Å²) in [5.41, 5.74) is -0.875. The van der Waals surface area contributed by atoms with E-state index in [4.69, 9.17) is 11.5 Å². The first-order chi connectivity index (χ1) is 7.06. The molecule has 1 unspecified atom stereocenters. The molecular weight excluding hydrogens is 190 g/mol. The zero-order valence-electron chi connectivity index (χ0n) is 9.68. The quantitative estimate of drug-likeness (QED) is 0.477. The lowest BCUT2D eigenvalue weighted by molar-refractivity contribution is -0.144. The first-order valence-electron chi connectivity index (χ1n) is 5.48. The van der Waals surface area contributed by atoms with Crippen molar-refractivity contribution in [1.82, 2.24) is 5.32 Å². The lowest BCUT2D eigenvalue weighted by atomic mass is 9.94. The van der Waals surface area contributed by atoms with Crippen molar-refractivity contribution in [3.05, 3.63) is 0 Å². The standard InChI is InChI=1S/C12H21NO2/c1-4-6-7-8-9-12(3,11(14)15)13-10-5-2/h2,13H,4,6-10H2,1,3H3,(H,14,15). The van der Waals surface area contributed by atoms with Crippen LogP contribution in [0.3, 0.4) is 0 Å². The lowest BCUT2D eigenvalue weighted by Crippen LogP contribution is -2.49. The van der Waals surface area contributed by atoms with Crippen molar-refractivity contribution < 1.29 is 9.90 Å². The van der Waals surface area contributed by atoms with Crippen LogP contribution in [-0.2, 0) is 4.79 Å². The van der Waals surface area contributed by atoms with Crippen molar-refractivity contribution in [3.63, 3.8) is 0 Å². The van der Waals surface area contributed by atoms with Crippen molar-refractivity contribution in [3.8, 4) is 12.3 Å². The summed E-state index contributed by atoms with van der Waals surface area (Å²) in [6.07, 6.45) is 10.1. The zero-order valence-corrected chi connectivity index (χ0v) is 9.68. The highest BCUT2D eigenvalue weighted by Gasteiger charge is 2.31. The summed E-state index contributed by atoms with van der Waals surface area (Å²) < 4.78 is 0. The highest BCUT2D eigenvalue weighted by atomic mass is 16.4. The molecule has 0 radical (unpaired) electrons. The molecule has 0 aliphatic carbocycles. The Labute approximate surface area is 92.3 Å². The minimum absolute atomic E-state index is 0.302. The number of carboxylic acid groups (broad SMARTS) is 1. The van der Waals surface area contributed by atoms with E-state index >= 15 is 0 Å². The van der Waals surface area contributed by atoms with Crippen LogP contribution in [0.15, 0.2) is 0 Å². The van der Waals surface area contributed by atoms with Gasteiger partial charge in [0, 0.05) is 0 Å². The van der Waals surface area contributed by atoms with Crippen molar-refractivity contribution in [2.75, 3.05) is 6.54 Å². The second-order valence-electron chi connectivity index (χ2n) is 4.01. The highest BCUT2D eigenvalue weighted by molar-refractivity contribution is 5.78. The van der Waals surface area contributed by atoms with Gasteiger partial charge in [-0.15, -0.1) is 6.42 Å². The van der Waals surface area contributed by atoms with Crippen molar-refractivity contribution in [1.29, 1.82) is 0 Å². The van der Waals surface area contributed by atoms with Gasteiger partial charge >= 0.3 is 5.97 Å². The first kappa shape index (κ1) is 14.0. The SMILES string of the molecule is C#CCNC(C)(CCCCCC)C(=O)O. The van der Waals surface area contributed by atoms with Gasteiger partial charge in [-0.1, -0.05) is 38.5 Å². The molecule has 0 aromatic heterocycles. The second-order valence-corrected chi connectivity index (χ2v) is 4.01. The average molecular weight is 211 g/mol.